The van der Waals surface area contributed by atoms with Crippen molar-refractivity contribution in [2.75, 3.05) is 0 Å². The first-order valence-electron chi connectivity index (χ1n) is 8.66. The van der Waals surface area contributed by atoms with Crippen LogP contribution in [0.3, 0.4) is 0 Å². The van der Waals surface area contributed by atoms with E-state index in [4.69, 9.17) is 0 Å². The number of pyridine rings is 2. The van der Waals surface area contributed by atoms with Gasteiger partial charge in [0.2, 0.25) is 0 Å². The Bertz CT molecular complexity index is 1300. The average molecular weight is 395 g/mol. The van der Waals surface area contributed by atoms with Crippen molar-refractivity contribution in [3.8, 4) is 11.1 Å². The predicted octanol–water partition coefficient (Wildman–Crippen LogP) is 5.69. The molecule has 6 heteroatoms. The summed E-state index contributed by atoms with van der Waals surface area (Å²) in [6, 6.07) is 11.1. The zero-order chi connectivity index (χ0) is 20.5. The molecule has 0 saturated heterocycles. The third kappa shape index (κ3) is 3.57. The molecule has 0 bridgehead atoms. The Kier molecular flexibility index (Phi) is 4.76. The molecule has 0 N–H and O–H groups in total. The van der Waals surface area contributed by atoms with Gasteiger partial charge in [-0.2, -0.15) is 0 Å². The maximum absolute atomic E-state index is 14.2. The van der Waals surface area contributed by atoms with Crippen molar-refractivity contribution < 1.29 is 17.6 Å². The van der Waals surface area contributed by atoms with Crippen LogP contribution in [0.4, 0.5) is 17.6 Å². The molecule has 0 fully saturated rings. The van der Waals surface area contributed by atoms with E-state index in [1.54, 1.807) is 28.8 Å². The molecule has 29 heavy (non-hydrogen) atoms. The van der Waals surface area contributed by atoms with E-state index < -0.39 is 28.7 Å². The summed E-state index contributed by atoms with van der Waals surface area (Å²) in [6.07, 6.45) is 6.21. The molecule has 2 nitrogen and oxygen atoms in total. The van der Waals surface area contributed by atoms with Crippen LogP contribution in [0.1, 0.15) is 11.1 Å². The predicted molar refractivity (Wildman–Crippen MR) is 104 cm³/mol. The van der Waals surface area contributed by atoms with Crippen molar-refractivity contribution in [2.24, 2.45) is 0 Å². The smallest absolute Gasteiger partial charge is 0.190 e. The first kappa shape index (κ1) is 18.7. The van der Waals surface area contributed by atoms with E-state index in [1.807, 2.05) is 0 Å². The van der Waals surface area contributed by atoms with Crippen molar-refractivity contribution >= 4 is 17.7 Å². The molecule has 0 saturated carbocycles. The van der Waals surface area contributed by atoms with Gasteiger partial charge in [0.1, 0.15) is 23.3 Å². The minimum Gasteiger partial charge on any atom is -0.322 e. The van der Waals surface area contributed by atoms with Crippen molar-refractivity contribution in [1.82, 2.24) is 4.40 Å². The number of hydrogen-bond donors (Lipinski definition) is 0. The van der Waals surface area contributed by atoms with E-state index in [0.29, 0.717) is 11.1 Å². The lowest BCUT2D eigenvalue weighted by Crippen LogP contribution is -2.09. The topological polar surface area (TPSA) is 21.5 Å². The molecule has 0 spiro atoms. The van der Waals surface area contributed by atoms with Crippen molar-refractivity contribution in [3.63, 3.8) is 0 Å². The third-order valence-electron chi connectivity index (χ3n) is 4.52. The van der Waals surface area contributed by atoms with Gasteiger partial charge < -0.3 is 4.40 Å². The lowest BCUT2D eigenvalue weighted by Gasteiger charge is -2.10. The number of halogens is 4. The Morgan fingerprint density at radius 3 is 2.24 bits per heavy atom. The van der Waals surface area contributed by atoms with Crippen LogP contribution in [-0.4, -0.2) is 4.40 Å². The summed E-state index contributed by atoms with van der Waals surface area (Å²) in [4.78, 5) is 12.4. The molecule has 4 rings (SSSR count). The molecular weight excluding hydrogens is 382 g/mol. The van der Waals surface area contributed by atoms with Gasteiger partial charge in [0.25, 0.3) is 0 Å². The number of benzene rings is 2. The molecule has 4 aromatic rings. The Morgan fingerprint density at radius 1 is 0.759 bits per heavy atom. The summed E-state index contributed by atoms with van der Waals surface area (Å²) >= 11 is 0. The second-order valence-electron chi connectivity index (χ2n) is 6.41. The SMILES string of the molecule is O=c1ccn2cc(/C=C\c3ccc(F)cc3F)ccc2c1-c1c(F)cccc1F. The van der Waals surface area contributed by atoms with Gasteiger partial charge in [-0.25, -0.2) is 17.6 Å². The highest BCUT2D eigenvalue weighted by Crippen LogP contribution is 2.27. The molecular formula is C23H13F4NO. The van der Waals surface area contributed by atoms with E-state index in [9.17, 15) is 22.4 Å². The molecule has 0 aliphatic heterocycles. The second kappa shape index (κ2) is 7.39. The monoisotopic (exact) mass is 395 g/mol. The molecule has 2 aromatic heterocycles. The lowest BCUT2D eigenvalue weighted by atomic mass is 10.0. The number of rotatable bonds is 3. The van der Waals surface area contributed by atoms with E-state index in [2.05, 4.69) is 0 Å². The fourth-order valence-corrected chi connectivity index (χ4v) is 3.14. The van der Waals surface area contributed by atoms with Crippen LogP contribution < -0.4 is 5.43 Å². The van der Waals surface area contributed by atoms with Gasteiger partial charge in [-0.1, -0.05) is 24.3 Å². The van der Waals surface area contributed by atoms with Gasteiger partial charge in [-0.05, 0) is 35.9 Å². The largest absolute Gasteiger partial charge is 0.322 e. The highest BCUT2D eigenvalue weighted by molar-refractivity contribution is 5.81. The highest BCUT2D eigenvalue weighted by Gasteiger charge is 2.17. The van der Waals surface area contributed by atoms with E-state index >= 15 is 0 Å². The van der Waals surface area contributed by atoms with Gasteiger partial charge in [0.15, 0.2) is 5.43 Å². The molecule has 0 radical (unpaired) electrons. The van der Waals surface area contributed by atoms with E-state index in [-0.39, 0.29) is 16.7 Å². The Hall–Kier alpha value is -3.67. The number of fused-ring (bicyclic) bond motifs is 1. The van der Waals surface area contributed by atoms with Gasteiger partial charge in [0, 0.05) is 30.1 Å². The van der Waals surface area contributed by atoms with Crippen molar-refractivity contribution in [2.45, 2.75) is 0 Å². The molecule has 0 atom stereocenters. The molecule has 0 unspecified atom stereocenters. The molecule has 144 valence electrons. The zero-order valence-corrected chi connectivity index (χ0v) is 14.9. The normalized spacial score (nSPS) is 11.4. The van der Waals surface area contributed by atoms with Crippen LogP contribution in [0.25, 0.3) is 28.8 Å². The average Bonchev–Trinajstić information content (AvgIpc) is 2.68. The number of nitrogens with zero attached hydrogens (tertiary/aromatic N) is 1. The summed E-state index contributed by atoms with van der Waals surface area (Å²) in [5, 5.41) is 0. The molecule has 2 heterocycles. The van der Waals surface area contributed by atoms with Gasteiger partial charge in [-0.3, -0.25) is 4.79 Å². The minimum absolute atomic E-state index is 0.0804. The fourth-order valence-electron chi connectivity index (χ4n) is 3.14. The lowest BCUT2D eigenvalue weighted by molar-refractivity contribution is 0.581. The highest BCUT2D eigenvalue weighted by atomic mass is 19.1. The van der Waals surface area contributed by atoms with Crippen LogP contribution in [0, 0.1) is 23.3 Å². The molecule has 2 aromatic carbocycles. The summed E-state index contributed by atoms with van der Waals surface area (Å²) < 4.78 is 56.8. The number of hydrogen-bond acceptors (Lipinski definition) is 1. The van der Waals surface area contributed by atoms with Crippen molar-refractivity contribution in [3.05, 3.63) is 112 Å². The standard InChI is InChI=1S/C23H13F4NO/c24-16-8-7-15(19(27)12-16)6-4-14-5-9-20-23(21(29)10-11-28(20)13-14)22-17(25)2-1-3-18(22)26/h1-13H/b6-4-. The number of aromatic nitrogens is 1. The van der Waals surface area contributed by atoms with E-state index in [1.165, 1.54) is 30.5 Å². The first-order chi connectivity index (χ1) is 13.9. The summed E-state index contributed by atoms with van der Waals surface area (Å²) in [7, 11) is 0. The zero-order valence-electron chi connectivity index (χ0n) is 14.9. The molecule has 0 aliphatic rings. The maximum Gasteiger partial charge on any atom is 0.190 e. The van der Waals surface area contributed by atoms with Crippen LogP contribution in [0.5, 0.6) is 0 Å². The quantitative estimate of drug-likeness (QED) is 0.408. The maximum atomic E-state index is 14.2. The van der Waals surface area contributed by atoms with Crippen LogP contribution >= 0.6 is 0 Å². The van der Waals surface area contributed by atoms with Crippen LogP contribution in [-0.2, 0) is 0 Å². The third-order valence-corrected chi connectivity index (χ3v) is 4.52. The summed E-state index contributed by atoms with van der Waals surface area (Å²) in [5.41, 5.74) is 0.207. The summed E-state index contributed by atoms with van der Waals surface area (Å²) in [6.45, 7) is 0. The van der Waals surface area contributed by atoms with Crippen molar-refractivity contribution in [1.29, 1.82) is 0 Å². The Morgan fingerprint density at radius 2 is 1.52 bits per heavy atom. The first-order valence-corrected chi connectivity index (χ1v) is 8.66. The van der Waals surface area contributed by atoms with E-state index in [0.717, 1.165) is 24.3 Å². The second-order valence-corrected chi connectivity index (χ2v) is 6.41. The Balaban J connectivity index is 1.81. The van der Waals surface area contributed by atoms with Gasteiger partial charge >= 0.3 is 0 Å². The van der Waals surface area contributed by atoms with Crippen LogP contribution in [0.15, 0.2) is 71.8 Å². The summed E-state index contributed by atoms with van der Waals surface area (Å²) in [5.74, 6) is -3.01. The fraction of sp³-hybridized carbons (Fsp3) is 0. The molecule has 0 amide bonds. The molecule has 0 aliphatic carbocycles. The van der Waals surface area contributed by atoms with Gasteiger partial charge in [-0.15, -0.1) is 0 Å². The van der Waals surface area contributed by atoms with Crippen LogP contribution in [0.2, 0.25) is 0 Å². The van der Waals surface area contributed by atoms with Gasteiger partial charge in [0.05, 0.1) is 16.6 Å². The Labute approximate surface area is 163 Å². The minimum atomic E-state index is -0.828.